The van der Waals surface area contributed by atoms with Crippen LogP contribution in [0, 0.1) is 13.8 Å². The van der Waals surface area contributed by atoms with Crippen LogP contribution in [0.25, 0.3) is 0 Å². The lowest BCUT2D eigenvalue weighted by Crippen LogP contribution is -2.55. The molecule has 0 amide bonds. The fourth-order valence-corrected chi connectivity index (χ4v) is 4.12. The highest BCUT2D eigenvalue weighted by molar-refractivity contribution is 5.31. The molecule has 0 bridgehead atoms. The molecule has 2 heteroatoms. The van der Waals surface area contributed by atoms with Crippen molar-refractivity contribution >= 4 is 0 Å². The van der Waals surface area contributed by atoms with Crippen molar-refractivity contribution in [2.24, 2.45) is 0 Å². The maximum Gasteiger partial charge on any atom is 0.0764 e. The molecule has 0 aromatic heterocycles. The first-order valence-corrected chi connectivity index (χ1v) is 8.52. The van der Waals surface area contributed by atoms with E-state index in [4.69, 9.17) is 0 Å². The fraction of sp³-hybridized carbons (Fsp3) is 0.684. The molecule has 1 aromatic carbocycles. The SMILES string of the molecule is CCN(CC)C1(C(O)Cc2cc(C)ccc2C)CCCC1. The zero-order valence-corrected chi connectivity index (χ0v) is 14.2. The summed E-state index contributed by atoms with van der Waals surface area (Å²) in [4.78, 5) is 2.50. The van der Waals surface area contributed by atoms with Gasteiger partial charge in [-0.2, -0.15) is 0 Å². The van der Waals surface area contributed by atoms with Crippen LogP contribution < -0.4 is 0 Å². The molecule has 1 unspecified atom stereocenters. The molecule has 0 radical (unpaired) electrons. The Morgan fingerprint density at radius 3 is 2.33 bits per heavy atom. The molecule has 21 heavy (non-hydrogen) atoms. The zero-order chi connectivity index (χ0) is 15.5. The van der Waals surface area contributed by atoms with Crippen molar-refractivity contribution in [2.45, 2.75) is 71.4 Å². The van der Waals surface area contributed by atoms with E-state index in [0.717, 1.165) is 32.4 Å². The zero-order valence-electron chi connectivity index (χ0n) is 14.2. The van der Waals surface area contributed by atoms with Crippen LogP contribution in [-0.4, -0.2) is 34.7 Å². The summed E-state index contributed by atoms with van der Waals surface area (Å²) >= 11 is 0. The molecular formula is C19H31NO. The van der Waals surface area contributed by atoms with Crippen molar-refractivity contribution in [2.75, 3.05) is 13.1 Å². The second-order valence-electron chi connectivity index (χ2n) is 6.63. The number of rotatable bonds is 6. The summed E-state index contributed by atoms with van der Waals surface area (Å²) in [7, 11) is 0. The Kier molecular flexibility index (Phi) is 5.45. The van der Waals surface area contributed by atoms with Crippen LogP contribution in [0.15, 0.2) is 18.2 Å². The van der Waals surface area contributed by atoms with Gasteiger partial charge in [-0.05, 0) is 50.9 Å². The minimum Gasteiger partial charge on any atom is -0.391 e. The summed E-state index contributed by atoms with van der Waals surface area (Å²) in [5.74, 6) is 0. The van der Waals surface area contributed by atoms with Gasteiger partial charge in [-0.15, -0.1) is 0 Å². The van der Waals surface area contributed by atoms with Crippen LogP contribution in [0.5, 0.6) is 0 Å². The molecule has 1 aliphatic rings. The Balaban J connectivity index is 2.23. The van der Waals surface area contributed by atoms with Gasteiger partial charge in [-0.1, -0.05) is 50.5 Å². The highest BCUT2D eigenvalue weighted by atomic mass is 16.3. The Morgan fingerprint density at radius 2 is 1.76 bits per heavy atom. The molecule has 1 fully saturated rings. The van der Waals surface area contributed by atoms with Crippen LogP contribution in [0.3, 0.4) is 0 Å². The smallest absolute Gasteiger partial charge is 0.0764 e. The largest absolute Gasteiger partial charge is 0.391 e. The van der Waals surface area contributed by atoms with Gasteiger partial charge in [0, 0.05) is 12.0 Å². The number of aliphatic hydroxyl groups excluding tert-OH is 1. The van der Waals surface area contributed by atoms with Crippen LogP contribution >= 0.6 is 0 Å². The summed E-state index contributed by atoms with van der Waals surface area (Å²) in [5, 5.41) is 11.1. The molecule has 0 heterocycles. The predicted molar refractivity (Wildman–Crippen MR) is 89.7 cm³/mol. The Labute approximate surface area is 130 Å². The number of benzene rings is 1. The van der Waals surface area contributed by atoms with Gasteiger partial charge in [0.15, 0.2) is 0 Å². The van der Waals surface area contributed by atoms with Gasteiger partial charge in [-0.25, -0.2) is 0 Å². The van der Waals surface area contributed by atoms with E-state index in [2.05, 4.69) is 50.8 Å². The van der Waals surface area contributed by atoms with Gasteiger partial charge in [0.2, 0.25) is 0 Å². The number of nitrogens with zero attached hydrogens (tertiary/aromatic N) is 1. The summed E-state index contributed by atoms with van der Waals surface area (Å²) in [6.45, 7) is 10.8. The van der Waals surface area contributed by atoms with Crippen molar-refractivity contribution in [3.05, 3.63) is 34.9 Å². The van der Waals surface area contributed by atoms with E-state index >= 15 is 0 Å². The molecule has 2 nitrogen and oxygen atoms in total. The van der Waals surface area contributed by atoms with Gasteiger partial charge in [0.1, 0.15) is 0 Å². The monoisotopic (exact) mass is 289 g/mol. The van der Waals surface area contributed by atoms with Crippen LogP contribution in [0.2, 0.25) is 0 Å². The molecule has 2 rings (SSSR count). The third-order valence-corrected chi connectivity index (χ3v) is 5.40. The van der Waals surface area contributed by atoms with Crippen LogP contribution in [-0.2, 0) is 6.42 Å². The molecule has 1 atom stereocenters. The van der Waals surface area contributed by atoms with Crippen molar-refractivity contribution in [3.8, 4) is 0 Å². The van der Waals surface area contributed by atoms with Crippen LogP contribution in [0.1, 0.15) is 56.2 Å². The molecule has 0 saturated heterocycles. The third-order valence-electron chi connectivity index (χ3n) is 5.40. The lowest BCUT2D eigenvalue weighted by Gasteiger charge is -2.44. The van der Waals surface area contributed by atoms with Gasteiger partial charge >= 0.3 is 0 Å². The number of hydrogen-bond donors (Lipinski definition) is 1. The molecule has 118 valence electrons. The lowest BCUT2D eigenvalue weighted by molar-refractivity contribution is -0.0245. The molecule has 0 aliphatic heterocycles. The number of aryl methyl sites for hydroxylation is 2. The van der Waals surface area contributed by atoms with Crippen molar-refractivity contribution in [3.63, 3.8) is 0 Å². The number of hydrogen-bond acceptors (Lipinski definition) is 2. The van der Waals surface area contributed by atoms with E-state index in [-0.39, 0.29) is 11.6 Å². The van der Waals surface area contributed by atoms with Crippen LogP contribution in [0.4, 0.5) is 0 Å². The van der Waals surface area contributed by atoms with Crippen molar-refractivity contribution in [1.82, 2.24) is 4.90 Å². The van der Waals surface area contributed by atoms with Gasteiger partial charge in [0.25, 0.3) is 0 Å². The second kappa shape index (κ2) is 6.93. The normalized spacial score (nSPS) is 19.1. The maximum atomic E-state index is 11.1. The summed E-state index contributed by atoms with van der Waals surface area (Å²) in [6, 6.07) is 6.57. The first-order chi connectivity index (χ1) is 10.0. The third kappa shape index (κ3) is 3.32. The van der Waals surface area contributed by atoms with E-state index in [1.807, 2.05) is 0 Å². The van der Waals surface area contributed by atoms with E-state index in [1.54, 1.807) is 0 Å². The first kappa shape index (κ1) is 16.5. The number of aliphatic hydroxyl groups is 1. The van der Waals surface area contributed by atoms with Gasteiger partial charge in [0.05, 0.1) is 6.10 Å². The topological polar surface area (TPSA) is 23.5 Å². The number of likely N-dealkylation sites (N-methyl/N-ethyl adjacent to an activating group) is 1. The highest BCUT2D eigenvalue weighted by Crippen LogP contribution is 2.39. The Bertz CT molecular complexity index is 459. The average molecular weight is 289 g/mol. The fourth-order valence-electron chi connectivity index (χ4n) is 4.12. The maximum absolute atomic E-state index is 11.1. The van der Waals surface area contributed by atoms with Gasteiger partial charge < -0.3 is 5.11 Å². The van der Waals surface area contributed by atoms with Crippen molar-refractivity contribution in [1.29, 1.82) is 0 Å². The molecular weight excluding hydrogens is 258 g/mol. The average Bonchev–Trinajstić information content (AvgIpc) is 2.95. The summed E-state index contributed by atoms with van der Waals surface area (Å²) < 4.78 is 0. The van der Waals surface area contributed by atoms with E-state index in [0.29, 0.717) is 0 Å². The first-order valence-electron chi connectivity index (χ1n) is 8.52. The Hall–Kier alpha value is -0.860. The van der Waals surface area contributed by atoms with E-state index < -0.39 is 0 Å². The molecule has 1 aliphatic carbocycles. The van der Waals surface area contributed by atoms with Gasteiger partial charge in [-0.3, -0.25) is 4.90 Å². The van der Waals surface area contributed by atoms with Crippen molar-refractivity contribution < 1.29 is 5.11 Å². The quantitative estimate of drug-likeness (QED) is 0.859. The lowest BCUT2D eigenvalue weighted by atomic mass is 9.83. The van der Waals surface area contributed by atoms with E-state index in [9.17, 15) is 5.11 Å². The summed E-state index contributed by atoms with van der Waals surface area (Å²) in [6.07, 6.45) is 5.30. The standard InChI is InChI=1S/C19H31NO/c1-5-20(6-2)19(11-7-8-12-19)18(21)14-17-13-15(3)9-10-16(17)4/h9-10,13,18,21H,5-8,11-12,14H2,1-4H3. The highest BCUT2D eigenvalue weighted by Gasteiger charge is 2.44. The Morgan fingerprint density at radius 1 is 1.14 bits per heavy atom. The minimum absolute atomic E-state index is 0.000311. The molecule has 1 N–H and O–H groups in total. The molecule has 1 aromatic rings. The minimum atomic E-state index is -0.264. The summed E-state index contributed by atoms with van der Waals surface area (Å²) in [5.41, 5.74) is 3.89. The second-order valence-corrected chi connectivity index (χ2v) is 6.63. The molecule has 0 spiro atoms. The predicted octanol–water partition coefficient (Wildman–Crippen LogP) is 3.86. The molecule has 1 saturated carbocycles. The van der Waals surface area contributed by atoms with E-state index in [1.165, 1.54) is 29.5 Å².